The highest BCUT2D eigenvalue weighted by Gasteiger charge is 2.31. The molecule has 0 aliphatic carbocycles. The molecule has 0 spiro atoms. The standard InChI is InChI=1S/C16H28N6O/c1-3-21-9-10-22(12-14(21)15-17-6-7-18-15)16(23)19-11-13-5-4-8-20(13)2/h6-7,13-14H,3-5,8-12H2,1-2H3,(H,17,18)(H,19,23). The van der Waals surface area contributed by atoms with Gasteiger partial charge >= 0.3 is 6.03 Å². The lowest BCUT2D eigenvalue weighted by Gasteiger charge is -2.40. The molecule has 7 heteroatoms. The summed E-state index contributed by atoms with van der Waals surface area (Å²) in [7, 11) is 2.14. The van der Waals surface area contributed by atoms with Gasteiger partial charge in [0.05, 0.1) is 6.04 Å². The number of H-pyrrole nitrogens is 1. The van der Waals surface area contributed by atoms with E-state index in [0.29, 0.717) is 12.6 Å². The number of hydrogen-bond acceptors (Lipinski definition) is 4. The van der Waals surface area contributed by atoms with E-state index < -0.39 is 0 Å². The van der Waals surface area contributed by atoms with Crippen molar-refractivity contribution in [3.05, 3.63) is 18.2 Å². The van der Waals surface area contributed by atoms with Crippen LogP contribution in [0.15, 0.2) is 12.4 Å². The number of piperazine rings is 1. The Labute approximate surface area is 138 Å². The second-order valence-corrected chi connectivity index (χ2v) is 6.53. The number of rotatable bonds is 4. The minimum atomic E-state index is 0.0533. The van der Waals surface area contributed by atoms with E-state index in [0.717, 1.165) is 38.5 Å². The fourth-order valence-corrected chi connectivity index (χ4v) is 3.66. The Morgan fingerprint density at radius 3 is 2.96 bits per heavy atom. The molecule has 3 heterocycles. The first-order chi connectivity index (χ1) is 11.2. The van der Waals surface area contributed by atoms with Crippen LogP contribution in [-0.4, -0.2) is 83.1 Å². The van der Waals surface area contributed by atoms with Gasteiger partial charge in [-0.2, -0.15) is 0 Å². The van der Waals surface area contributed by atoms with E-state index >= 15 is 0 Å². The number of aromatic nitrogens is 2. The maximum Gasteiger partial charge on any atom is 0.317 e. The third kappa shape index (κ3) is 3.67. The molecule has 2 aliphatic rings. The van der Waals surface area contributed by atoms with Crippen LogP contribution >= 0.6 is 0 Å². The number of carbonyl (C=O) groups excluding carboxylic acids is 1. The van der Waals surface area contributed by atoms with Gasteiger partial charge in [-0.25, -0.2) is 9.78 Å². The second-order valence-electron chi connectivity index (χ2n) is 6.53. The molecule has 0 saturated carbocycles. The molecule has 1 aromatic heterocycles. The van der Waals surface area contributed by atoms with Crippen molar-refractivity contribution in [3.8, 4) is 0 Å². The Kier molecular flexibility index (Phi) is 5.17. The molecule has 2 fully saturated rings. The predicted octanol–water partition coefficient (Wildman–Crippen LogP) is 0.892. The van der Waals surface area contributed by atoms with E-state index in [1.807, 2.05) is 11.1 Å². The Morgan fingerprint density at radius 2 is 2.30 bits per heavy atom. The Balaban J connectivity index is 1.56. The first kappa shape index (κ1) is 16.3. The third-order valence-electron chi connectivity index (χ3n) is 5.18. The normalized spacial score (nSPS) is 26.6. The zero-order valence-corrected chi connectivity index (χ0v) is 14.2. The molecular formula is C16H28N6O. The van der Waals surface area contributed by atoms with Crippen molar-refractivity contribution < 1.29 is 4.79 Å². The number of aromatic amines is 1. The summed E-state index contributed by atoms with van der Waals surface area (Å²) in [6, 6.07) is 0.693. The van der Waals surface area contributed by atoms with Crippen molar-refractivity contribution >= 4 is 6.03 Å². The quantitative estimate of drug-likeness (QED) is 0.865. The molecule has 3 rings (SSSR count). The molecule has 2 atom stereocenters. The minimum Gasteiger partial charge on any atom is -0.347 e. The van der Waals surface area contributed by atoms with Crippen molar-refractivity contribution in [3.63, 3.8) is 0 Å². The van der Waals surface area contributed by atoms with Crippen LogP contribution in [0, 0.1) is 0 Å². The highest BCUT2D eigenvalue weighted by molar-refractivity contribution is 5.74. The molecule has 128 valence electrons. The fraction of sp³-hybridized carbons (Fsp3) is 0.750. The molecule has 2 saturated heterocycles. The van der Waals surface area contributed by atoms with Gasteiger partial charge in [-0.15, -0.1) is 0 Å². The van der Waals surface area contributed by atoms with Gasteiger partial charge < -0.3 is 20.1 Å². The van der Waals surface area contributed by atoms with Gasteiger partial charge in [0, 0.05) is 44.6 Å². The van der Waals surface area contributed by atoms with Crippen LogP contribution in [-0.2, 0) is 0 Å². The van der Waals surface area contributed by atoms with Gasteiger partial charge in [0.25, 0.3) is 0 Å². The number of nitrogens with one attached hydrogen (secondary N) is 2. The summed E-state index contributed by atoms with van der Waals surface area (Å²) in [4.78, 5) is 26.7. The predicted molar refractivity (Wildman–Crippen MR) is 89.2 cm³/mol. The maximum atomic E-state index is 12.5. The SMILES string of the molecule is CCN1CCN(C(=O)NCC2CCCN2C)CC1c1ncc[nH]1. The van der Waals surface area contributed by atoms with E-state index in [1.54, 1.807) is 6.20 Å². The first-order valence-electron chi connectivity index (χ1n) is 8.65. The maximum absolute atomic E-state index is 12.5. The van der Waals surface area contributed by atoms with Gasteiger partial charge in [0.2, 0.25) is 0 Å². The molecule has 0 radical (unpaired) electrons. The largest absolute Gasteiger partial charge is 0.347 e. The minimum absolute atomic E-state index is 0.0533. The zero-order valence-electron chi connectivity index (χ0n) is 14.2. The second kappa shape index (κ2) is 7.31. The average molecular weight is 320 g/mol. The van der Waals surface area contributed by atoms with E-state index in [9.17, 15) is 4.79 Å². The molecule has 1 aromatic rings. The van der Waals surface area contributed by atoms with Gasteiger partial charge in [-0.3, -0.25) is 4.90 Å². The highest BCUT2D eigenvalue weighted by atomic mass is 16.2. The molecule has 2 amide bonds. The van der Waals surface area contributed by atoms with Gasteiger partial charge in [-0.1, -0.05) is 6.92 Å². The fourth-order valence-electron chi connectivity index (χ4n) is 3.66. The van der Waals surface area contributed by atoms with Crippen molar-refractivity contribution in [2.45, 2.75) is 31.8 Å². The number of likely N-dealkylation sites (N-methyl/N-ethyl adjacent to an activating group) is 2. The van der Waals surface area contributed by atoms with E-state index in [-0.39, 0.29) is 12.1 Å². The number of nitrogens with zero attached hydrogens (tertiary/aromatic N) is 4. The van der Waals surface area contributed by atoms with Gasteiger partial charge in [0.1, 0.15) is 5.82 Å². The van der Waals surface area contributed by atoms with Crippen molar-refractivity contribution in [2.24, 2.45) is 0 Å². The Hall–Kier alpha value is -1.60. The van der Waals surface area contributed by atoms with Gasteiger partial charge in [0.15, 0.2) is 0 Å². The average Bonchev–Trinajstić information content (AvgIpc) is 3.23. The summed E-state index contributed by atoms with van der Waals surface area (Å²) < 4.78 is 0. The molecule has 2 N–H and O–H groups in total. The summed E-state index contributed by atoms with van der Waals surface area (Å²) in [6.45, 7) is 7.35. The van der Waals surface area contributed by atoms with Crippen molar-refractivity contribution in [1.29, 1.82) is 0 Å². The Bertz CT molecular complexity index is 505. The number of carbonyl (C=O) groups is 1. The Morgan fingerprint density at radius 1 is 1.43 bits per heavy atom. The molecule has 2 unspecified atom stereocenters. The third-order valence-corrected chi connectivity index (χ3v) is 5.18. The van der Waals surface area contributed by atoms with Crippen LogP contribution in [0.5, 0.6) is 0 Å². The lowest BCUT2D eigenvalue weighted by molar-refractivity contribution is 0.0891. The van der Waals surface area contributed by atoms with Crippen LogP contribution in [0.25, 0.3) is 0 Å². The van der Waals surface area contributed by atoms with E-state index in [2.05, 4.69) is 39.1 Å². The number of urea groups is 1. The zero-order chi connectivity index (χ0) is 16.2. The number of likely N-dealkylation sites (tertiary alicyclic amines) is 1. The monoisotopic (exact) mass is 320 g/mol. The molecule has 0 aromatic carbocycles. The molecular weight excluding hydrogens is 292 g/mol. The summed E-state index contributed by atoms with van der Waals surface area (Å²) in [5.41, 5.74) is 0. The summed E-state index contributed by atoms with van der Waals surface area (Å²) in [5, 5.41) is 3.12. The van der Waals surface area contributed by atoms with Crippen LogP contribution in [0.4, 0.5) is 4.79 Å². The number of hydrogen-bond donors (Lipinski definition) is 2. The smallest absolute Gasteiger partial charge is 0.317 e. The number of amides is 2. The summed E-state index contributed by atoms with van der Waals surface area (Å²) >= 11 is 0. The van der Waals surface area contributed by atoms with Crippen LogP contribution < -0.4 is 5.32 Å². The van der Waals surface area contributed by atoms with Crippen molar-refractivity contribution in [1.82, 2.24) is 30.0 Å². The molecule has 0 bridgehead atoms. The summed E-state index contributed by atoms with van der Waals surface area (Å²) in [5.74, 6) is 0.944. The van der Waals surface area contributed by atoms with Crippen LogP contribution in [0.2, 0.25) is 0 Å². The van der Waals surface area contributed by atoms with Crippen molar-refractivity contribution in [2.75, 3.05) is 46.3 Å². The lowest BCUT2D eigenvalue weighted by atomic mass is 10.1. The molecule has 23 heavy (non-hydrogen) atoms. The molecule has 2 aliphatic heterocycles. The van der Waals surface area contributed by atoms with E-state index in [1.165, 1.54) is 12.8 Å². The molecule has 7 nitrogen and oxygen atoms in total. The van der Waals surface area contributed by atoms with Crippen LogP contribution in [0.3, 0.4) is 0 Å². The first-order valence-corrected chi connectivity index (χ1v) is 8.65. The summed E-state index contributed by atoms with van der Waals surface area (Å²) in [6.07, 6.45) is 6.03. The van der Waals surface area contributed by atoms with Crippen LogP contribution in [0.1, 0.15) is 31.6 Å². The number of imidazole rings is 1. The van der Waals surface area contributed by atoms with E-state index in [4.69, 9.17) is 0 Å². The lowest BCUT2D eigenvalue weighted by Crippen LogP contribution is -2.54. The topological polar surface area (TPSA) is 67.5 Å². The van der Waals surface area contributed by atoms with Gasteiger partial charge in [-0.05, 0) is 33.0 Å². The highest BCUT2D eigenvalue weighted by Crippen LogP contribution is 2.22.